The highest BCUT2D eigenvalue weighted by molar-refractivity contribution is 7.81. The summed E-state index contributed by atoms with van der Waals surface area (Å²) in [7, 11) is -3.86. The van der Waals surface area contributed by atoms with E-state index in [9.17, 15) is 8.42 Å². The van der Waals surface area contributed by atoms with Gasteiger partial charge in [-0.05, 0) is 27.2 Å². The van der Waals surface area contributed by atoms with Crippen LogP contribution >= 0.6 is 0 Å². The fourth-order valence-electron chi connectivity index (χ4n) is 3.76. The molecule has 4 nitrogen and oxygen atoms in total. The van der Waals surface area contributed by atoms with Crippen LogP contribution in [0.15, 0.2) is 0 Å². The summed E-state index contributed by atoms with van der Waals surface area (Å²) in [6, 6.07) is 0. The van der Waals surface area contributed by atoms with E-state index < -0.39 is 16.0 Å². The van der Waals surface area contributed by atoms with Gasteiger partial charge in [-0.25, -0.2) is 8.37 Å². The Labute approximate surface area is 182 Å². The minimum Gasteiger partial charge on any atom is -0.248 e. The summed E-state index contributed by atoms with van der Waals surface area (Å²) in [6.07, 6.45) is 23.6. The van der Waals surface area contributed by atoms with Gasteiger partial charge in [0.25, 0.3) is 0 Å². The first-order valence-corrected chi connectivity index (χ1v) is 13.8. The molecule has 29 heavy (non-hydrogen) atoms. The molecule has 176 valence electrons. The van der Waals surface area contributed by atoms with Gasteiger partial charge in [0.15, 0.2) is 0 Å². The molecule has 0 aromatic carbocycles. The topological polar surface area (TPSA) is 52.6 Å². The van der Waals surface area contributed by atoms with Crippen LogP contribution in [0.5, 0.6) is 0 Å². The molecule has 0 saturated carbocycles. The fraction of sp³-hybridized carbons (Fsp3) is 1.00. The number of hydrogen-bond acceptors (Lipinski definition) is 4. The molecule has 0 atom stereocenters. The predicted octanol–water partition coefficient (Wildman–Crippen LogP) is 8.10. The highest BCUT2D eigenvalue weighted by Crippen LogP contribution is 2.22. The van der Waals surface area contributed by atoms with Gasteiger partial charge in [-0.2, -0.15) is 8.42 Å². The van der Waals surface area contributed by atoms with Crippen molar-refractivity contribution in [1.82, 2.24) is 0 Å². The molecule has 0 rings (SSSR count). The summed E-state index contributed by atoms with van der Waals surface area (Å²) in [5.74, 6) is 0. The van der Waals surface area contributed by atoms with Crippen LogP contribution in [0.4, 0.5) is 0 Å². The van der Waals surface area contributed by atoms with Crippen LogP contribution in [0.25, 0.3) is 0 Å². The Morgan fingerprint density at radius 2 is 0.931 bits per heavy atom. The molecule has 0 saturated heterocycles. The van der Waals surface area contributed by atoms with Crippen molar-refractivity contribution in [3.05, 3.63) is 0 Å². The van der Waals surface area contributed by atoms with Gasteiger partial charge in [-0.3, -0.25) is 0 Å². The van der Waals surface area contributed by atoms with Gasteiger partial charge in [-0.1, -0.05) is 116 Å². The molecule has 0 radical (unpaired) electrons. The van der Waals surface area contributed by atoms with Crippen molar-refractivity contribution >= 4 is 10.4 Å². The van der Waals surface area contributed by atoms with Gasteiger partial charge in [-0.15, -0.1) is 0 Å². The van der Waals surface area contributed by atoms with Gasteiger partial charge < -0.3 is 0 Å². The van der Waals surface area contributed by atoms with E-state index in [2.05, 4.69) is 11.1 Å². The first-order valence-electron chi connectivity index (χ1n) is 12.4. The Hall–Kier alpha value is -0.130. The molecule has 0 bridgehead atoms. The molecule has 0 aromatic rings. The molecule has 0 N–H and O–H groups in total. The maximum Gasteiger partial charge on any atom is 0.400 e. The van der Waals surface area contributed by atoms with Crippen LogP contribution in [0.3, 0.4) is 0 Å². The Balaban J connectivity index is 3.37. The third kappa shape index (κ3) is 20.9. The molecule has 5 heteroatoms. The van der Waals surface area contributed by atoms with Crippen molar-refractivity contribution in [2.45, 2.75) is 149 Å². The van der Waals surface area contributed by atoms with Crippen molar-refractivity contribution in [2.24, 2.45) is 0 Å². The molecule has 0 amide bonds. The van der Waals surface area contributed by atoms with E-state index in [0.717, 1.165) is 19.3 Å². The number of hydrogen-bond donors (Lipinski definition) is 0. The Morgan fingerprint density at radius 3 is 1.28 bits per heavy atom. The number of unbranched alkanes of at least 4 members (excludes halogenated alkanes) is 16. The van der Waals surface area contributed by atoms with Crippen LogP contribution in [0.1, 0.15) is 143 Å². The van der Waals surface area contributed by atoms with E-state index in [4.69, 9.17) is 4.18 Å². The van der Waals surface area contributed by atoms with Crippen molar-refractivity contribution in [2.75, 3.05) is 6.61 Å². The lowest BCUT2D eigenvalue weighted by Crippen LogP contribution is -2.29. The van der Waals surface area contributed by atoms with E-state index >= 15 is 0 Å². The van der Waals surface area contributed by atoms with Gasteiger partial charge in [0.2, 0.25) is 0 Å². The zero-order valence-corrected chi connectivity index (χ0v) is 20.8. The van der Waals surface area contributed by atoms with Crippen LogP contribution < -0.4 is 0 Å². The van der Waals surface area contributed by atoms with Crippen molar-refractivity contribution < 1.29 is 16.8 Å². The van der Waals surface area contributed by atoms with E-state index in [1.54, 1.807) is 6.92 Å². The Kier molecular flexibility index (Phi) is 18.5. The summed E-state index contributed by atoms with van der Waals surface area (Å²) >= 11 is 0. The third-order valence-electron chi connectivity index (χ3n) is 5.47. The zero-order valence-electron chi connectivity index (χ0n) is 20.0. The summed E-state index contributed by atoms with van der Waals surface area (Å²) in [6.45, 7) is 7.66. The van der Waals surface area contributed by atoms with E-state index in [1.165, 1.54) is 96.3 Å². The molecule has 0 heterocycles. The second-order valence-electron chi connectivity index (χ2n) is 9.06. The lowest BCUT2D eigenvalue weighted by atomic mass is 9.99. The van der Waals surface area contributed by atoms with Crippen LogP contribution in [-0.4, -0.2) is 20.6 Å². The summed E-state index contributed by atoms with van der Waals surface area (Å²) in [5, 5.41) is 0. The molecule has 0 aliphatic heterocycles. The molecule has 0 spiro atoms. The quantitative estimate of drug-likeness (QED) is 0.161. The van der Waals surface area contributed by atoms with Crippen molar-refractivity contribution in [1.29, 1.82) is 0 Å². The minimum atomic E-state index is -3.86. The van der Waals surface area contributed by atoms with Crippen LogP contribution in [0, 0.1) is 0 Å². The monoisotopic (exact) mass is 434 g/mol. The van der Waals surface area contributed by atoms with Gasteiger partial charge in [0.05, 0.1) is 12.2 Å². The molecular weight excluding hydrogens is 384 g/mol. The van der Waals surface area contributed by atoms with Crippen LogP contribution in [0.2, 0.25) is 0 Å². The summed E-state index contributed by atoms with van der Waals surface area (Å²) in [4.78, 5) is 0. The highest BCUT2D eigenvalue weighted by Gasteiger charge is 2.26. The first kappa shape index (κ1) is 28.9. The summed E-state index contributed by atoms with van der Waals surface area (Å²) in [5.41, 5.74) is -0.691. The van der Waals surface area contributed by atoms with E-state index in [-0.39, 0.29) is 6.61 Å². The average molecular weight is 435 g/mol. The zero-order chi connectivity index (χ0) is 21.8. The van der Waals surface area contributed by atoms with Gasteiger partial charge >= 0.3 is 10.4 Å². The first-order chi connectivity index (χ1) is 13.8. The molecular formula is C24H50O4S. The van der Waals surface area contributed by atoms with Crippen LogP contribution in [-0.2, 0) is 18.8 Å². The van der Waals surface area contributed by atoms with E-state index in [0.29, 0.717) is 0 Å². The largest absolute Gasteiger partial charge is 0.400 e. The normalized spacial score (nSPS) is 12.6. The average Bonchev–Trinajstić information content (AvgIpc) is 2.63. The SMILES string of the molecule is CCCCCCCCCCCCCCCCCCCC(C)(C)OS(=O)(=O)OCC. The maximum absolute atomic E-state index is 11.6. The second kappa shape index (κ2) is 18.6. The smallest absolute Gasteiger partial charge is 0.248 e. The summed E-state index contributed by atoms with van der Waals surface area (Å²) < 4.78 is 33.0. The van der Waals surface area contributed by atoms with Gasteiger partial charge in [0.1, 0.15) is 0 Å². The molecule has 0 fully saturated rings. The number of rotatable bonds is 22. The standard InChI is InChI=1S/C24H50O4S/c1-5-7-8-9-10-11-12-13-14-15-16-17-18-19-20-21-22-23-24(3,4)28-29(25,26)27-6-2/h5-23H2,1-4H3. The highest BCUT2D eigenvalue weighted by atomic mass is 32.3. The molecule has 0 unspecified atom stereocenters. The van der Waals surface area contributed by atoms with Crippen molar-refractivity contribution in [3.63, 3.8) is 0 Å². The Bertz CT molecular complexity index is 446. The molecule has 0 aliphatic rings. The maximum atomic E-state index is 11.6. The molecule has 0 aromatic heterocycles. The lowest BCUT2D eigenvalue weighted by Gasteiger charge is -2.23. The lowest BCUT2D eigenvalue weighted by molar-refractivity contribution is 0.0775. The third-order valence-corrected chi connectivity index (χ3v) is 6.65. The van der Waals surface area contributed by atoms with Gasteiger partial charge in [0, 0.05) is 0 Å². The molecule has 0 aliphatic carbocycles. The Morgan fingerprint density at radius 1 is 0.586 bits per heavy atom. The fourth-order valence-corrected chi connectivity index (χ4v) is 4.73. The predicted molar refractivity (Wildman–Crippen MR) is 124 cm³/mol. The minimum absolute atomic E-state index is 0.109. The van der Waals surface area contributed by atoms with Crippen molar-refractivity contribution in [3.8, 4) is 0 Å². The van der Waals surface area contributed by atoms with E-state index in [1.807, 2.05) is 13.8 Å². The second-order valence-corrected chi connectivity index (χ2v) is 10.3.